The third-order valence-corrected chi connectivity index (χ3v) is 6.98. The molecule has 7 nitrogen and oxygen atoms in total. The Morgan fingerprint density at radius 3 is 2.41 bits per heavy atom. The van der Waals surface area contributed by atoms with E-state index in [0.29, 0.717) is 22.1 Å². The van der Waals surface area contributed by atoms with Crippen LogP contribution in [0.4, 0.5) is 10.8 Å². The van der Waals surface area contributed by atoms with E-state index >= 15 is 0 Å². The molecule has 0 bridgehead atoms. The normalized spacial score (nSPS) is 11.6. The molecule has 0 saturated carbocycles. The summed E-state index contributed by atoms with van der Waals surface area (Å²) in [4.78, 5) is 30.6. The van der Waals surface area contributed by atoms with Crippen LogP contribution in [0.5, 0.6) is 11.5 Å². The average Bonchev–Trinajstić information content (AvgIpc) is 3.25. The predicted octanol–water partition coefficient (Wildman–Crippen LogP) is 5.69. The molecule has 0 radical (unpaired) electrons. The standard InChI is InChI=1S/C25H23N3O4S2/c1-15(23(29)28-25-27-21-12-11-19(32-3)14-22(21)34-25)33-20-6-4-5-17(13-20)26-24(30)16-7-9-18(31-2)10-8-16/h4-15H,1-3H3,(H,26,30)(H,27,28,29). The van der Waals surface area contributed by atoms with E-state index in [1.807, 2.05) is 49.4 Å². The monoisotopic (exact) mass is 493 g/mol. The number of fused-ring (bicyclic) bond motifs is 1. The first-order valence-corrected chi connectivity index (χ1v) is 12.1. The van der Waals surface area contributed by atoms with Crippen LogP contribution in [0.15, 0.2) is 71.6 Å². The quantitative estimate of drug-likeness (QED) is 0.307. The zero-order valence-electron chi connectivity index (χ0n) is 18.8. The van der Waals surface area contributed by atoms with Gasteiger partial charge in [0.25, 0.3) is 5.91 Å². The van der Waals surface area contributed by atoms with E-state index in [-0.39, 0.29) is 17.1 Å². The van der Waals surface area contributed by atoms with Crippen molar-refractivity contribution < 1.29 is 19.1 Å². The first-order chi connectivity index (χ1) is 16.4. The second-order valence-electron chi connectivity index (χ2n) is 7.31. The van der Waals surface area contributed by atoms with Crippen molar-refractivity contribution in [2.24, 2.45) is 0 Å². The Bertz CT molecular complexity index is 1320. The molecule has 1 unspecified atom stereocenters. The van der Waals surface area contributed by atoms with Crippen molar-refractivity contribution in [2.45, 2.75) is 17.1 Å². The van der Waals surface area contributed by atoms with Gasteiger partial charge in [-0.05, 0) is 67.6 Å². The molecule has 0 saturated heterocycles. The highest BCUT2D eigenvalue weighted by Crippen LogP contribution is 2.31. The minimum atomic E-state index is -0.367. The van der Waals surface area contributed by atoms with Crippen LogP contribution < -0.4 is 20.1 Å². The van der Waals surface area contributed by atoms with Gasteiger partial charge in [-0.15, -0.1) is 11.8 Å². The summed E-state index contributed by atoms with van der Waals surface area (Å²) in [6.07, 6.45) is 0. The number of nitrogens with one attached hydrogen (secondary N) is 2. The lowest BCUT2D eigenvalue weighted by Gasteiger charge is -2.12. The van der Waals surface area contributed by atoms with Crippen molar-refractivity contribution in [1.29, 1.82) is 0 Å². The van der Waals surface area contributed by atoms with Gasteiger partial charge in [0, 0.05) is 16.1 Å². The van der Waals surface area contributed by atoms with E-state index in [2.05, 4.69) is 15.6 Å². The number of aromatic nitrogens is 1. The summed E-state index contributed by atoms with van der Waals surface area (Å²) >= 11 is 2.80. The number of amides is 2. The number of rotatable bonds is 8. The number of hydrogen-bond acceptors (Lipinski definition) is 7. The van der Waals surface area contributed by atoms with Crippen molar-refractivity contribution in [2.75, 3.05) is 24.9 Å². The molecule has 34 heavy (non-hydrogen) atoms. The van der Waals surface area contributed by atoms with Crippen LogP contribution in [0.25, 0.3) is 10.2 Å². The zero-order valence-corrected chi connectivity index (χ0v) is 20.5. The average molecular weight is 494 g/mol. The summed E-state index contributed by atoms with van der Waals surface area (Å²) in [6, 6.07) is 19.9. The van der Waals surface area contributed by atoms with Gasteiger partial charge < -0.3 is 20.1 Å². The molecule has 0 fully saturated rings. The Morgan fingerprint density at radius 2 is 1.68 bits per heavy atom. The van der Waals surface area contributed by atoms with Crippen molar-refractivity contribution in [1.82, 2.24) is 4.98 Å². The third kappa shape index (κ3) is 5.67. The maximum absolute atomic E-state index is 12.7. The number of methoxy groups -OCH3 is 2. The number of nitrogens with zero attached hydrogens (tertiary/aromatic N) is 1. The highest BCUT2D eigenvalue weighted by molar-refractivity contribution is 8.00. The Balaban J connectivity index is 1.37. The van der Waals surface area contributed by atoms with Gasteiger partial charge in [0.1, 0.15) is 11.5 Å². The second-order valence-corrected chi connectivity index (χ2v) is 9.76. The van der Waals surface area contributed by atoms with Crippen LogP contribution in [0.1, 0.15) is 17.3 Å². The fourth-order valence-corrected chi connectivity index (χ4v) is 4.97. The third-order valence-electron chi connectivity index (χ3n) is 4.95. The number of carbonyl (C=O) groups excluding carboxylic acids is 2. The smallest absolute Gasteiger partial charge is 0.255 e. The second kappa shape index (κ2) is 10.6. The fraction of sp³-hybridized carbons (Fsp3) is 0.160. The SMILES string of the molecule is COc1ccc(C(=O)Nc2cccc(SC(C)C(=O)Nc3nc4ccc(OC)cc4s3)c2)cc1. The highest BCUT2D eigenvalue weighted by atomic mass is 32.2. The van der Waals surface area contributed by atoms with Crippen molar-refractivity contribution in [3.05, 3.63) is 72.3 Å². The topological polar surface area (TPSA) is 89.5 Å². The van der Waals surface area contributed by atoms with Gasteiger partial charge in [0.2, 0.25) is 5.91 Å². The molecule has 2 N–H and O–H groups in total. The number of thiazole rings is 1. The first kappa shape index (κ1) is 23.6. The van der Waals surface area contributed by atoms with Gasteiger partial charge in [-0.3, -0.25) is 9.59 Å². The van der Waals surface area contributed by atoms with Crippen LogP contribution >= 0.6 is 23.1 Å². The van der Waals surface area contributed by atoms with E-state index in [4.69, 9.17) is 9.47 Å². The molecule has 9 heteroatoms. The molecule has 1 atom stereocenters. The number of ether oxygens (including phenoxy) is 2. The number of carbonyl (C=O) groups is 2. The molecule has 174 valence electrons. The maximum atomic E-state index is 12.7. The molecule has 0 aliphatic rings. The zero-order chi connectivity index (χ0) is 24.1. The summed E-state index contributed by atoms with van der Waals surface area (Å²) in [5.74, 6) is 1.07. The molecule has 0 aliphatic carbocycles. The molecular formula is C25H23N3O4S2. The maximum Gasteiger partial charge on any atom is 0.255 e. The molecule has 0 aliphatic heterocycles. The highest BCUT2D eigenvalue weighted by Gasteiger charge is 2.17. The Morgan fingerprint density at radius 1 is 0.941 bits per heavy atom. The van der Waals surface area contributed by atoms with E-state index in [0.717, 1.165) is 20.9 Å². The van der Waals surface area contributed by atoms with E-state index in [1.54, 1.807) is 38.5 Å². The Hall–Kier alpha value is -3.56. The number of anilines is 2. The predicted molar refractivity (Wildman–Crippen MR) is 138 cm³/mol. The van der Waals surface area contributed by atoms with Crippen LogP contribution in [-0.2, 0) is 4.79 Å². The lowest BCUT2D eigenvalue weighted by atomic mass is 10.2. The van der Waals surface area contributed by atoms with Crippen LogP contribution in [0, 0.1) is 0 Å². The van der Waals surface area contributed by atoms with E-state index < -0.39 is 0 Å². The number of benzene rings is 3. The van der Waals surface area contributed by atoms with Crippen LogP contribution in [0.3, 0.4) is 0 Å². The molecule has 4 rings (SSSR count). The molecule has 4 aromatic rings. The van der Waals surface area contributed by atoms with Crippen molar-refractivity contribution in [3.8, 4) is 11.5 Å². The Labute approximate surface area is 205 Å². The summed E-state index contributed by atoms with van der Waals surface area (Å²) < 4.78 is 11.3. The summed E-state index contributed by atoms with van der Waals surface area (Å²) in [6.45, 7) is 1.83. The van der Waals surface area contributed by atoms with Gasteiger partial charge >= 0.3 is 0 Å². The Kier molecular flexibility index (Phi) is 7.34. The lowest BCUT2D eigenvalue weighted by molar-refractivity contribution is -0.115. The largest absolute Gasteiger partial charge is 0.497 e. The first-order valence-electron chi connectivity index (χ1n) is 10.4. The summed E-state index contributed by atoms with van der Waals surface area (Å²) in [5.41, 5.74) is 1.99. The minimum Gasteiger partial charge on any atom is -0.497 e. The molecule has 0 spiro atoms. The van der Waals surface area contributed by atoms with Gasteiger partial charge in [-0.1, -0.05) is 17.4 Å². The number of hydrogen-bond donors (Lipinski definition) is 2. The van der Waals surface area contributed by atoms with E-state index in [1.165, 1.54) is 23.1 Å². The summed E-state index contributed by atoms with van der Waals surface area (Å²) in [7, 11) is 3.19. The number of thioether (sulfide) groups is 1. The summed E-state index contributed by atoms with van der Waals surface area (Å²) in [5, 5.41) is 5.96. The minimum absolute atomic E-state index is 0.149. The molecular weight excluding hydrogens is 470 g/mol. The van der Waals surface area contributed by atoms with Gasteiger partial charge in [-0.25, -0.2) is 4.98 Å². The van der Waals surface area contributed by atoms with Gasteiger partial charge in [0.15, 0.2) is 5.13 Å². The van der Waals surface area contributed by atoms with Crippen molar-refractivity contribution in [3.63, 3.8) is 0 Å². The van der Waals surface area contributed by atoms with Crippen LogP contribution in [-0.4, -0.2) is 36.3 Å². The fourth-order valence-electron chi connectivity index (χ4n) is 3.14. The van der Waals surface area contributed by atoms with Gasteiger partial charge in [-0.2, -0.15) is 0 Å². The van der Waals surface area contributed by atoms with Gasteiger partial charge in [0.05, 0.1) is 29.7 Å². The molecule has 1 aromatic heterocycles. The lowest BCUT2D eigenvalue weighted by Crippen LogP contribution is -2.22. The molecule has 2 amide bonds. The molecule has 1 heterocycles. The van der Waals surface area contributed by atoms with Crippen LogP contribution in [0.2, 0.25) is 0 Å². The molecule has 3 aromatic carbocycles. The van der Waals surface area contributed by atoms with Crippen molar-refractivity contribution >= 4 is 55.9 Å². The van der Waals surface area contributed by atoms with E-state index in [9.17, 15) is 9.59 Å².